The second kappa shape index (κ2) is 19.7. The van der Waals surface area contributed by atoms with Gasteiger partial charge in [-0.3, -0.25) is 38.4 Å². The molecule has 0 saturated carbocycles. The van der Waals surface area contributed by atoms with E-state index in [1.165, 1.54) is 6.92 Å². The maximum absolute atomic E-state index is 13.6. The van der Waals surface area contributed by atoms with E-state index in [-0.39, 0.29) is 34.6 Å². The molecule has 1 aromatic rings. The molecule has 0 heterocycles. The van der Waals surface area contributed by atoms with Gasteiger partial charge in [0.25, 0.3) is 11.8 Å². The van der Waals surface area contributed by atoms with Gasteiger partial charge >= 0.3 is 35.8 Å². The van der Waals surface area contributed by atoms with Gasteiger partial charge in [0.1, 0.15) is 19.8 Å². The lowest BCUT2D eigenvalue weighted by Crippen LogP contribution is -2.46. The van der Waals surface area contributed by atoms with Crippen LogP contribution in [0.3, 0.4) is 0 Å². The Hall–Kier alpha value is -2.83. The van der Waals surface area contributed by atoms with Crippen molar-refractivity contribution in [1.29, 1.82) is 0 Å². The van der Waals surface area contributed by atoms with Crippen LogP contribution < -0.4 is 10.6 Å². The lowest BCUT2D eigenvalue weighted by atomic mass is 10.1. The molecular formula is C27H31I3N2O14. The molecule has 0 aliphatic carbocycles. The summed E-state index contributed by atoms with van der Waals surface area (Å²) in [5.41, 5.74) is 0.393. The first kappa shape index (κ1) is 41.2. The molecule has 0 aromatic heterocycles. The SMILES string of the molecule is CC(=O)OCc1c(I)c(NC(=O)C(OC(C)=O)C(COC(C)=O)OC(C)=O)c(I)c(C(=O)NCC(COC(C)=O)OC(C)=O)c1I. The lowest BCUT2D eigenvalue weighted by Gasteiger charge is -2.26. The second-order valence-electron chi connectivity index (χ2n) is 9.16. The van der Waals surface area contributed by atoms with Gasteiger partial charge in [0.15, 0.2) is 12.2 Å². The van der Waals surface area contributed by atoms with E-state index >= 15 is 0 Å². The summed E-state index contributed by atoms with van der Waals surface area (Å²) in [6.45, 7) is 5.12. The molecule has 46 heavy (non-hydrogen) atoms. The molecule has 0 aliphatic rings. The normalized spacial score (nSPS) is 12.4. The van der Waals surface area contributed by atoms with Crippen LogP contribution in [0.25, 0.3) is 0 Å². The molecule has 1 rings (SSSR count). The Labute approximate surface area is 304 Å². The Morgan fingerprint density at radius 2 is 1.15 bits per heavy atom. The smallest absolute Gasteiger partial charge is 0.303 e. The zero-order chi connectivity index (χ0) is 35.3. The molecule has 254 valence electrons. The van der Waals surface area contributed by atoms with E-state index in [1.54, 1.807) is 22.6 Å². The number of hydrogen-bond donors (Lipinski definition) is 2. The molecule has 1 aromatic carbocycles. The fourth-order valence-electron chi connectivity index (χ4n) is 3.47. The van der Waals surface area contributed by atoms with Crippen molar-refractivity contribution in [2.24, 2.45) is 0 Å². The summed E-state index contributed by atoms with van der Waals surface area (Å²) in [6.07, 6.45) is -4.36. The molecule has 0 aliphatic heterocycles. The molecule has 2 N–H and O–H groups in total. The van der Waals surface area contributed by atoms with E-state index in [1.807, 2.05) is 45.2 Å². The van der Waals surface area contributed by atoms with Crippen molar-refractivity contribution in [2.45, 2.75) is 66.5 Å². The van der Waals surface area contributed by atoms with Crippen LogP contribution >= 0.6 is 67.8 Å². The van der Waals surface area contributed by atoms with E-state index in [4.69, 9.17) is 28.4 Å². The first-order valence-electron chi connectivity index (χ1n) is 13.1. The highest BCUT2D eigenvalue weighted by atomic mass is 127. The van der Waals surface area contributed by atoms with Gasteiger partial charge < -0.3 is 39.1 Å². The third-order valence-corrected chi connectivity index (χ3v) is 8.72. The number of amides is 2. The highest BCUT2D eigenvalue weighted by Crippen LogP contribution is 2.36. The van der Waals surface area contributed by atoms with Gasteiger partial charge in [-0.25, -0.2) is 0 Å². The number of carbonyl (C=O) groups excluding carboxylic acids is 8. The van der Waals surface area contributed by atoms with Crippen LogP contribution in [0.4, 0.5) is 5.69 Å². The molecule has 0 saturated heterocycles. The number of esters is 6. The fourth-order valence-corrected chi connectivity index (χ4v) is 7.70. The number of ether oxygens (including phenoxy) is 6. The van der Waals surface area contributed by atoms with Gasteiger partial charge in [-0.05, 0) is 67.8 Å². The number of halogens is 3. The van der Waals surface area contributed by atoms with Crippen LogP contribution in [0.15, 0.2) is 0 Å². The first-order chi connectivity index (χ1) is 21.3. The van der Waals surface area contributed by atoms with E-state index in [0.717, 1.165) is 34.6 Å². The van der Waals surface area contributed by atoms with Gasteiger partial charge in [-0.2, -0.15) is 0 Å². The van der Waals surface area contributed by atoms with Crippen molar-refractivity contribution >= 4 is 121 Å². The van der Waals surface area contributed by atoms with E-state index in [2.05, 4.69) is 10.6 Å². The minimum absolute atomic E-state index is 0.0219. The number of carbonyl (C=O) groups is 8. The van der Waals surface area contributed by atoms with Crippen LogP contribution in [0.2, 0.25) is 0 Å². The maximum Gasteiger partial charge on any atom is 0.303 e. The minimum atomic E-state index is -1.80. The lowest BCUT2D eigenvalue weighted by molar-refractivity contribution is -0.175. The Morgan fingerprint density at radius 1 is 0.630 bits per heavy atom. The second-order valence-corrected chi connectivity index (χ2v) is 12.4. The Morgan fingerprint density at radius 3 is 1.65 bits per heavy atom. The summed E-state index contributed by atoms with van der Waals surface area (Å²) in [5.74, 6) is -6.17. The van der Waals surface area contributed by atoms with Crippen LogP contribution in [0.1, 0.15) is 57.5 Å². The van der Waals surface area contributed by atoms with Gasteiger partial charge in [-0.1, -0.05) is 0 Å². The standard InChI is InChI=1S/C27H31I3N2O14/c1-11(33)41-8-17(44-14(4)36)7-31-26(39)20-21(28)18(9-42-12(2)34)22(29)24(23(20)30)32-27(40)25(46-16(6)38)19(45-15(5)37)10-43-13(3)35/h17,19,25H,7-10H2,1-6H3,(H,31,39)(H,32,40). The zero-order valence-corrected chi connectivity index (χ0v) is 31.9. The number of rotatable bonds is 15. The highest BCUT2D eigenvalue weighted by Gasteiger charge is 2.36. The summed E-state index contributed by atoms with van der Waals surface area (Å²) in [5, 5.41) is 5.19. The predicted molar refractivity (Wildman–Crippen MR) is 181 cm³/mol. The van der Waals surface area contributed by atoms with Crippen molar-refractivity contribution in [2.75, 3.05) is 25.1 Å². The summed E-state index contributed by atoms with van der Waals surface area (Å²) >= 11 is 5.55. The largest absolute Gasteiger partial charge is 0.462 e. The Bertz CT molecular complexity index is 1380. The molecule has 19 heteroatoms. The quantitative estimate of drug-likeness (QED) is 0.146. The van der Waals surface area contributed by atoms with Crippen molar-refractivity contribution in [3.8, 4) is 0 Å². The van der Waals surface area contributed by atoms with Gasteiger partial charge in [0.05, 0.1) is 21.4 Å². The summed E-state index contributed by atoms with van der Waals surface area (Å²) in [6, 6.07) is 0. The van der Waals surface area contributed by atoms with Gasteiger partial charge in [0.2, 0.25) is 6.10 Å². The average molecular weight is 988 g/mol. The van der Waals surface area contributed by atoms with Gasteiger partial charge in [-0.15, -0.1) is 0 Å². The first-order valence-corrected chi connectivity index (χ1v) is 16.3. The van der Waals surface area contributed by atoms with Crippen LogP contribution in [-0.2, 0) is 68.6 Å². The van der Waals surface area contributed by atoms with Crippen molar-refractivity contribution in [3.05, 3.63) is 21.8 Å². The Balaban J connectivity index is 3.65. The van der Waals surface area contributed by atoms with Crippen molar-refractivity contribution < 1.29 is 66.8 Å². The Kier molecular flexibility index (Phi) is 17.7. The van der Waals surface area contributed by atoms with Gasteiger partial charge in [0, 0.05) is 54.2 Å². The predicted octanol–water partition coefficient (Wildman–Crippen LogP) is 2.15. The molecule has 0 fully saturated rings. The minimum Gasteiger partial charge on any atom is -0.462 e. The number of nitrogens with one attached hydrogen (secondary N) is 2. The zero-order valence-electron chi connectivity index (χ0n) is 25.4. The molecule has 16 nitrogen and oxygen atoms in total. The van der Waals surface area contributed by atoms with Crippen molar-refractivity contribution in [1.82, 2.24) is 5.32 Å². The summed E-state index contributed by atoms with van der Waals surface area (Å²) in [4.78, 5) is 96.7. The summed E-state index contributed by atoms with van der Waals surface area (Å²) < 4.78 is 31.3. The fraction of sp³-hybridized carbons (Fsp3) is 0.481. The van der Waals surface area contributed by atoms with Crippen molar-refractivity contribution in [3.63, 3.8) is 0 Å². The average Bonchev–Trinajstić information content (AvgIpc) is 2.92. The molecule has 0 spiro atoms. The van der Waals surface area contributed by atoms with E-state index in [0.29, 0.717) is 12.7 Å². The van der Waals surface area contributed by atoms with E-state index in [9.17, 15) is 38.4 Å². The maximum atomic E-state index is 13.6. The van der Waals surface area contributed by atoms with Crippen LogP contribution in [0.5, 0.6) is 0 Å². The number of anilines is 1. The number of hydrogen-bond acceptors (Lipinski definition) is 14. The highest BCUT2D eigenvalue weighted by molar-refractivity contribution is 14.1. The molecular weight excluding hydrogens is 957 g/mol. The molecule has 3 unspecified atom stereocenters. The molecule has 2 amide bonds. The topological polar surface area (TPSA) is 216 Å². The molecule has 0 radical (unpaired) electrons. The monoisotopic (exact) mass is 988 g/mol. The van der Waals surface area contributed by atoms with Crippen LogP contribution in [-0.4, -0.2) is 85.7 Å². The third kappa shape index (κ3) is 13.9. The van der Waals surface area contributed by atoms with E-state index < -0.39 is 72.5 Å². The number of benzene rings is 1. The third-order valence-electron chi connectivity index (χ3n) is 5.26. The summed E-state index contributed by atoms with van der Waals surface area (Å²) in [7, 11) is 0. The molecule has 3 atom stereocenters. The molecule has 0 bridgehead atoms. The van der Waals surface area contributed by atoms with Crippen LogP contribution in [0, 0.1) is 10.7 Å².